The van der Waals surface area contributed by atoms with E-state index in [2.05, 4.69) is 153 Å². The van der Waals surface area contributed by atoms with Gasteiger partial charge in [-0.3, -0.25) is 0 Å². The van der Waals surface area contributed by atoms with Gasteiger partial charge in [-0.2, -0.15) is 0 Å². The Morgan fingerprint density at radius 3 is 2.37 bits per heavy atom. The zero-order chi connectivity index (χ0) is 31.0. The fraction of sp³-hybridized carbons (Fsp3) is 0.136. The van der Waals surface area contributed by atoms with Crippen molar-refractivity contribution in [3.05, 3.63) is 185 Å². The van der Waals surface area contributed by atoms with Gasteiger partial charge in [-0.25, -0.2) is 9.98 Å². The minimum Gasteiger partial charge on any atom is -0.233 e. The monoisotopic (exact) mass is 592 g/mol. The van der Waals surface area contributed by atoms with Crippen LogP contribution in [0, 0.1) is 11.8 Å². The minimum absolute atomic E-state index is 0.306. The first kappa shape index (κ1) is 28.2. The fourth-order valence-electron chi connectivity index (χ4n) is 7.22. The molecule has 0 N–H and O–H groups in total. The molecule has 0 aromatic heterocycles. The lowest BCUT2D eigenvalue weighted by atomic mass is 9.79. The summed E-state index contributed by atoms with van der Waals surface area (Å²) >= 11 is 0. The van der Waals surface area contributed by atoms with E-state index in [1.165, 1.54) is 38.8 Å². The Kier molecular flexibility index (Phi) is 7.27. The van der Waals surface area contributed by atoms with Crippen LogP contribution in [0.4, 0.5) is 0 Å². The normalized spacial score (nSPS) is 20.1. The summed E-state index contributed by atoms with van der Waals surface area (Å²) in [6.07, 6.45) is 24.0. The van der Waals surface area contributed by atoms with Gasteiger partial charge in [-0.1, -0.05) is 146 Å². The molecule has 4 aromatic rings. The number of fused-ring (bicyclic) bond motifs is 5. The number of amidine groups is 1. The zero-order valence-corrected chi connectivity index (χ0v) is 26.2. The predicted molar refractivity (Wildman–Crippen MR) is 195 cm³/mol. The molecule has 2 nitrogen and oxygen atoms in total. The summed E-state index contributed by atoms with van der Waals surface area (Å²) in [6, 6.07) is 30.0. The summed E-state index contributed by atoms with van der Waals surface area (Å²) in [7, 11) is 0. The Labute approximate surface area is 271 Å². The second-order valence-corrected chi connectivity index (χ2v) is 12.5. The molecule has 4 aliphatic carbocycles. The van der Waals surface area contributed by atoms with Crippen LogP contribution in [0.3, 0.4) is 0 Å². The molecular weight excluding hydrogens is 556 g/mol. The van der Waals surface area contributed by atoms with E-state index < -0.39 is 0 Å². The van der Waals surface area contributed by atoms with Gasteiger partial charge in [-0.05, 0) is 75.9 Å². The van der Waals surface area contributed by atoms with Crippen molar-refractivity contribution in [1.29, 1.82) is 0 Å². The van der Waals surface area contributed by atoms with Gasteiger partial charge < -0.3 is 0 Å². The summed E-state index contributed by atoms with van der Waals surface area (Å²) in [4.78, 5) is 10.6. The van der Waals surface area contributed by atoms with Gasteiger partial charge in [0.2, 0.25) is 0 Å². The van der Waals surface area contributed by atoms with E-state index in [1.54, 1.807) is 0 Å². The van der Waals surface area contributed by atoms with Gasteiger partial charge in [0.15, 0.2) is 5.84 Å². The van der Waals surface area contributed by atoms with Crippen LogP contribution in [0.15, 0.2) is 173 Å². The SMILES string of the molecule is C=C(/N=C(\N=C(/C)C1=CC2C=CC(C3=CCCC=C3)=CC2C=C1)c1cccc2c1-c1ccccc1C2)c1cccc2ccccc12. The zero-order valence-electron chi connectivity index (χ0n) is 26.2. The van der Waals surface area contributed by atoms with Gasteiger partial charge in [0.05, 0.1) is 5.70 Å². The summed E-state index contributed by atoms with van der Waals surface area (Å²) in [6.45, 7) is 6.59. The van der Waals surface area contributed by atoms with Crippen molar-refractivity contribution < 1.29 is 0 Å². The maximum atomic E-state index is 5.32. The molecule has 0 aliphatic heterocycles. The number of nitrogens with zero attached hydrogens (tertiary/aromatic N) is 2. The molecule has 0 heterocycles. The Bertz CT molecular complexity index is 2150. The number of hydrogen-bond donors (Lipinski definition) is 0. The van der Waals surface area contributed by atoms with Crippen molar-refractivity contribution >= 4 is 28.0 Å². The Morgan fingerprint density at radius 2 is 1.46 bits per heavy atom. The maximum Gasteiger partial charge on any atom is 0.160 e. The molecule has 0 spiro atoms. The third-order valence-corrected chi connectivity index (χ3v) is 9.60. The molecule has 222 valence electrons. The van der Waals surface area contributed by atoms with Crippen LogP contribution in [-0.2, 0) is 6.42 Å². The fourth-order valence-corrected chi connectivity index (χ4v) is 7.22. The Morgan fingerprint density at radius 1 is 0.696 bits per heavy atom. The average Bonchev–Trinajstić information content (AvgIpc) is 3.50. The van der Waals surface area contributed by atoms with Crippen LogP contribution in [0.1, 0.15) is 42.0 Å². The van der Waals surface area contributed by atoms with Crippen LogP contribution in [0.25, 0.3) is 27.6 Å². The van der Waals surface area contributed by atoms with Crippen molar-refractivity contribution in [2.45, 2.75) is 26.2 Å². The number of allylic oxidation sites excluding steroid dienone is 12. The minimum atomic E-state index is 0.306. The van der Waals surface area contributed by atoms with Gasteiger partial charge in [0.25, 0.3) is 0 Å². The molecule has 46 heavy (non-hydrogen) atoms. The van der Waals surface area contributed by atoms with E-state index >= 15 is 0 Å². The highest BCUT2D eigenvalue weighted by Crippen LogP contribution is 2.40. The first-order valence-electron chi connectivity index (χ1n) is 16.3. The van der Waals surface area contributed by atoms with Crippen LogP contribution in [0.2, 0.25) is 0 Å². The summed E-state index contributed by atoms with van der Waals surface area (Å²) in [5.74, 6) is 1.35. The van der Waals surface area contributed by atoms with Gasteiger partial charge >= 0.3 is 0 Å². The van der Waals surface area contributed by atoms with Gasteiger partial charge in [0.1, 0.15) is 0 Å². The van der Waals surface area contributed by atoms with Gasteiger partial charge in [-0.15, -0.1) is 0 Å². The molecule has 2 heteroatoms. The highest BCUT2D eigenvalue weighted by Gasteiger charge is 2.25. The van der Waals surface area contributed by atoms with E-state index in [9.17, 15) is 0 Å². The van der Waals surface area contributed by atoms with Crippen LogP contribution < -0.4 is 0 Å². The van der Waals surface area contributed by atoms with Crippen molar-refractivity contribution in [1.82, 2.24) is 0 Å². The third-order valence-electron chi connectivity index (χ3n) is 9.60. The van der Waals surface area contributed by atoms with E-state index in [1.807, 2.05) is 0 Å². The first-order chi connectivity index (χ1) is 22.6. The molecular formula is C44H36N2. The summed E-state index contributed by atoms with van der Waals surface area (Å²) in [5, 5.41) is 2.31. The largest absolute Gasteiger partial charge is 0.233 e. The lowest BCUT2D eigenvalue weighted by Gasteiger charge is -2.26. The molecule has 0 bridgehead atoms. The molecule has 0 saturated carbocycles. The highest BCUT2D eigenvalue weighted by atomic mass is 14.9. The van der Waals surface area contributed by atoms with E-state index in [-0.39, 0.29) is 0 Å². The second kappa shape index (κ2) is 11.9. The van der Waals surface area contributed by atoms with Crippen LogP contribution in [0.5, 0.6) is 0 Å². The van der Waals surface area contributed by atoms with Crippen molar-refractivity contribution in [3.63, 3.8) is 0 Å². The quantitative estimate of drug-likeness (QED) is 0.143. The number of benzene rings is 4. The predicted octanol–water partition coefficient (Wildman–Crippen LogP) is 10.8. The third kappa shape index (κ3) is 5.20. The van der Waals surface area contributed by atoms with Crippen LogP contribution in [-0.4, -0.2) is 11.5 Å². The summed E-state index contributed by atoms with van der Waals surface area (Å²) < 4.78 is 0. The highest BCUT2D eigenvalue weighted by molar-refractivity contribution is 6.16. The molecule has 0 saturated heterocycles. The number of hydrogen-bond acceptors (Lipinski definition) is 1. The molecule has 2 atom stereocenters. The van der Waals surface area contributed by atoms with Crippen molar-refractivity contribution in [2.75, 3.05) is 0 Å². The Hall–Kier alpha value is -5.34. The second-order valence-electron chi connectivity index (χ2n) is 12.5. The molecule has 4 aromatic carbocycles. The molecule has 2 unspecified atom stereocenters. The lowest BCUT2D eigenvalue weighted by Crippen LogP contribution is -2.16. The first-order valence-corrected chi connectivity index (χ1v) is 16.3. The summed E-state index contributed by atoms with van der Waals surface area (Å²) in [5.41, 5.74) is 12.7. The molecule has 0 amide bonds. The van der Waals surface area contributed by atoms with E-state index in [0.717, 1.165) is 47.1 Å². The van der Waals surface area contributed by atoms with E-state index in [0.29, 0.717) is 23.4 Å². The van der Waals surface area contributed by atoms with Crippen molar-refractivity contribution in [2.24, 2.45) is 21.8 Å². The van der Waals surface area contributed by atoms with Crippen LogP contribution >= 0.6 is 0 Å². The number of rotatable bonds is 5. The standard InChI is InChI=1S/C44H36N2/c1-29(33-22-23-36-27-34(24-25-35(36)26-33)31-12-4-3-5-13-31)45-44(46-30(2)39-20-10-16-32-14-6-8-18-40(32)39)42-21-11-17-38-28-37-15-7-9-19-41(37)43(38)42/h4,6-27,35-36H,2-3,5,28H2,1H3/b45-29+,46-44-. The van der Waals surface area contributed by atoms with Gasteiger partial charge in [0, 0.05) is 28.7 Å². The van der Waals surface area contributed by atoms with E-state index in [4.69, 9.17) is 9.98 Å². The average molecular weight is 593 g/mol. The molecule has 0 radical (unpaired) electrons. The number of aliphatic imine (C=N–C) groups is 2. The lowest BCUT2D eigenvalue weighted by molar-refractivity contribution is 0.653. The smallest absolute Gasteiger partial charge is 0.160 e. The van der Waals surface area contributed by atoms with Crippen molar-refractivity contribution in [3.8, 4) is 11.1 Å². The molecule has 8 rings (SSSR count). The maximum absolute atomic E-state index is 5.32. The Balaban J connectivity index is 1.20. The topological polar surface area (TPSA) is 24.7 Å². The molecule has 4 aliphatic rings. The molecule has 0 fully saturated rings.